The SMILES string of the molecule is OCCC1=C2CC=CC=C2Oc2ccccc2O1. The molecule has 1 aliphatic carbocycles. The zero-order valence-electron chi connectivity index (χ0n) is 9.93. The number of fused-ring (bicyclic) bond motifs is 2. The van der Waals surface area contributed by atoms with E-state index in [2.05, 4.69) is 6.08 Å². The molecule has 1 aromatic rings. The van der Waals surface area contributed by atoms with Gasteiger partial charge in [0.25, 0.3) is 0 Å². The van der Waals surface area contributed by atoms with Crippen molar-refractivity contribution in [2.24, 2.45) is 0 Å². The number of allylic oxidation sites excluding steroid dienone is 4. The third-order valence-corrected chi connectivity index (χ3v) is 2.98. The Morgan fingerprint density at radius 2 is 1.89 bits per heavy atom. The van der Waals surface area contributed by atoms with Crippen molar-refractivity contribution in [3.63, 3.8) is 0 Å². The smallest absolute Gasteiger partial charge is 0.169 e. The molecule has 0 saturated carbocycles. The molecule has 0 aromatic heterocycles. The average molecular weight is 242 g/mol. The second-order valence-electron chi connectivity index (χ2n) is 4.19. The van der Waals surface area contributed by atoms with Gasteiger partial charge in [-0.2, -0.15) is 0 Å². The lowest BCUT2D eigenvalue weighted by Crippen LogP contribution is -2.05. The molecule has 2 aliphatic rings. The maximum absolute atomic E-state index is 9.16. The summed E-state index contributed by atoms with van der Waals surface area (Å²) in [6.45, 7) is 0.0675. The van der Waals surface area contributed by atoms with Crippen LogP contribution in [0.25, 0.3) is 0 Å². The van der Waals surface area contributed by atoms with Gasteiger partial charge in [0, 0.05) is 12.0 Å². The fourth-order valence-electron chi connectivity index (χ4n) is 2.12. The molecule has 0 saturated heterocycles. The van der Waals surface area contributed by atoms with Crippen LogP contribution in [0.4, 0.5) is 0 Å². The van der Waals surface area contributed by atoms with Crippen LogP contribution >= 0.6 is 0 Å². The summed E-state index contributed by atoms with van der Waals surface area (Å²) >= 11 is 0. The van der Waals surface area contributed by atoms with Gasteiger partial charge in [0.1, 0.15) is 11.5 Å². The highest BCUT2D eigenvalue weighted by Gasteiger charge is 2.22. The maximum atomic E-state index is 9.16. The fourth-order valence-corrected chi connectivity index (χ4v) is 2.12. The number of aliphatic hydroxyl groups is 1. The number of ether oxygens (including phenoxy) is 2. The van der Waals surface area contributed by atoms with E-state index in [4.69, 9.17) is 14.6 Å². The second-order valence-corrected chi connectivity index (χ2v) is 4.19. The Morgan fingerprint density at radius 1 is 1.11 bits per heavy atom. The van der Waals surface area contributed by atoms with Gasteiger partial charge in [-0.05, 0) is 24.6 Å². The normalized spacial score (nSPS) is 17.1. The van der Waals surface area contributed by atoms with Gasteiger partial charge in [-0.3, -0.25) is 0 Å². The van der Waals surface area contributed by atoms with Gasteiger partial charge in [0.2, 0.25) is 0 Å². The van der Waals surface area contributed by atoms with E-state index < -0.39 is 0 Å². The van der Waals surface area contributed by atoms with Crippen LogP contribution in [0.15, 0.2) is 59.6 Å². The highest BCUT2D eigenvalue weighted by molar-refractivity contribution is 5.49. The minimum atomic E-state index is 0.0675. The number of rotatable bonds is 2. The minimum absolute atomic E-state index is 0.0675. The third kappa shape index (κ3) is 1.93. The zero-order chi connectivity index (χ0) is 12.4. The largest absolute Gasteiger partial charge is 0.457 e. The molecule has 18 heavy (non-hydrogen) atoms. The molecular formula is C15H14O3. The summed E-state index contributed by atoms with van der Waals surface area (Å²) < 4.78 is 11.8. The first-order valence-corrected chi connectivity index (χ1v) is 6.03. The molecule has 1 N–H and O–H groups in total. The number of para-hydroxylation sites is 2. The van der Waals surface area contributed by atoms with Crippen LogP contribution in [0.5, 0.6) is 11.5 Å². The van der Waals surface area contributed by atoms with Crippen molar-refractivity contribution >= 4 is 0 Å². The van der Waals surface area contributed by atoms with Gasteiger partial charge in [0.05, 0.1) is 6.61 Å². The van der Waals surface area contributed by atoms with Crippen LogP contribution in [0.2, 0.25) is 0 Å². The van der Waals surface area contributed by atoms with Crippen molar-refractivity contribution < 1.29 is 14.6 Å². The fraction of sp³-hybridized carbons (Fsp3) is 0.200. The maximum Gasteiger partial charge on any atom is 0.169 e. The van der Waals surface area contributed by atoms with Crippen LogP contribution in [0.1, 0.15) is 12.8 Å². The van der Waals surface area contributed by atoms with Crippen molar-refractivity contribution in [3.05, 3.63) is 59.6 Å². The van der Waals surface area contributed by atoms with Crippen molar-refractivity contribution in [1.29, 1.82) is 0 Å². The van der Waals surface area contributed by atoms with Gasteiger partial charge < -0.3 is 14.6 Å². The van der Waals surface area contributed by atoms with E-state index in [0.717, 1.165) is 23.5 Å². The molecule has 1 aliphatic heterocycles. The Hall–Kier alpha value is -2.00. The molecule has 0 unspecified atom stereocenters. The first-order chi connectivity index (χ1) is 8.88. The molecule has 0 spiro atoms. The van der Waals surface area contributed by atoms with Crippen molar-refractivity contribution in [1.82, 2.24) is 0 Å². The predicted octanol–water partition coefficient (Wildman–Crippen LogP) is 2.94. The lowest BCUT2D eigenvalue weighted by molar-refractivity contribution is 0.272. The highest BCUT2D eigenvalue weighted by atomic mass is 16.5. The first-order valence-electron chi connectivity index (χ1n) is 6.03. The summed E-state index contributed by atoms with van der Waals surface area (Å²) in [7, 11) is 0. The summed E-state index contributed by atoms with van der Waals surface area (Å²) in [6, 6.07) is 7.58. The Labute approximate surface area is 106 Å². The third-order valence-electron chi connectivity index (χ3n) is 2.98. The molecular weight excluding hydrogens is 228 g/mol. The molecule has 3 rings (SSSR count). The van der Waals surface area contributed by atoms with E-state index in [9.17, 15) is 0 Å². The standard InChI is InChI=1S/C15H14O3/c16-10-9-13-11-5-1-2-6-12(11)17-14-7-3-4-8-15(14)18-13/h1-4,6-8,16H,5,9-10H2. The molecule has 3 heteroatoms. The van der Waals surface area contributed by atoms with Gasteiger partial charge in [-0.15, -0.1) is 0 Å². The average Bonchev–Trinajstić information content (AvgIpc) is 2.56. The van der Waals surface area contributed by atoms with Gasteiger partial charge in [-0.1, -0.05) is 24.3 Å². The molecule has 0 radical (unpaired) electrons. The monoisotopic (exact) mass is 242 g/mol. The lowest BCUT2D eigenvalue weighted by Gasteiger charge is -2.13. The lowest BCUT2D eigenvalue weighted by atomic mass is 10.0. The van der Waals surface area contributed by atoms with Gasteiger partial charge >= 0.3 is 0 Å². The molecule has 92 valence electrons. The van der Waals surface area contributed by atoms with E-state index in [1.807, 2.05) is 36.4 Å². The molecule has 0 atom stereocenters. The van der Waals surface area contributed by atoms with E-state index in [-0.39, 0.29) is 6.61 Å². The van der Waals surface area contributed by atoms with Crippen molar-refractivity contribution in [2.45, 2.75) is 12.8 Å². The van der Waals surface area contributed by atoms with Crippen LogP contribution in [-0.2, 0) is 0 Å². The van der Waals surface area contributed by atoms with E-state index in [0.29, 0.717) is 17.9 Å². The Bertz CT molecular complexity index is 553. The summed E-state index contributed by atoms with van der Waals surface area (Å²) in [6.07, 6.45) is 7.23. The molecule has 0 amide bonds. The molecule has 0 bridgehead atoms. The Balaban J connectivity index is 2.08. The Kier molecular flexibility index (Phi) is 2.90. The van der Waals surface area contributed by atoms with Gasteiger partial charge in [-0.25, -0.2) is 0 Å². The van der Waals surface area contributed by atoms with Crippen LogP contribution in [0.3, 0.4) is 0 Å². The first kappa shape index (κ1) is 11.1. The summed E-state index contributed by atoms with van der Waals surface area (Å²) in [5.74, 6) is 3.01. The minimum Gasteiger partial charge on any atom is -0.457 e. The van der Waals surface area contributed by atoms with Crippen molar-refractivity contribution in [2.75, 3.05) is 6.61 Å². The second kappa shape index (κ2) is 4.70. The van der Waals surface area contributed by atoms with Crippen LogP contribution < -0.4 is 9.47 Å². The molecule has 3 nitrogen and oxygen atoms in total. The van der Waals surface area contributed by atoms with E-state index >= 15 is 0 Å². The number of hydrogen-bond acceptors (Lipinski definition) is 3. The quantitative estimate of drug-likeness (QED) is 0.866. The topological polar surface area (TPSA) is 38.7 Å². The van der Waals surface area contributed by atoms with Gasteiger partial charge in [0.15, 0.2) is 11.5 Å². The highest BCUT2D eigenvalue weighted by Crippen LogP contribution is 2.38. The molecule has 0 fully saturated rings. The molecule has 1 aromatic carbocycles. The number of aliphatic hydroxyl groups excluding tert-OH is 1. The van der Waals surface area contributed by atoms with E-state index in [1.165, 1.54) is 0 Å². The number of benzene rings is 1. The van der Waals surface area contributed by atoms with Crippen LogP contribution in [0, 0.1) is 0 Å². The van der Waals surface area contributed by atoms with Crippen molar-refractivity contribution in [3.8, 4) is 11.5 Å². The molecule has 1 heterocycles. The Morgan fingerprint density at radius 3 is 2.67 bits per heavy atom. The summed E-state index contributed by atoms with van der Waals surface area (Å²) in [5.41, 5.74) is 1.02. The van der Waals surface area contributed by atoms with E-state index in [1.54, 1.807) is 0 Å². The number of hydrogen-bond donors (Lipinski definition) is 1. The van der Waals surface area contributed by atoms with Crippen LogP contribution in [-0.4, -0.2) is 11.7 Å². The zero-order valence-corrected chi connectivity index (χ0v) is 9.93. The summed E-state index contributed by atoms with van der Waals surface area (Å²) in [5, 5.41) is 9.16. The summed E-state index contributed by atoms with van der Waals surface area (Å²) in [4.78, 5) is 0. The predicted molar refractivity (Wildman–Crippen MR) is 68.3 cm³/mol.